The summed E-state index contributed by atoms with van der Waals surface area (Å²) in [5, 5.41) is 3.42. The van der Waals surface area contributed by atoms with Gasteiger partial charge >= 0.3 is 0 Å². The van der Waals surface area contributed by atoms with Gasteiger partial charge in [0.25, 0.3) is 0 Å². The molecule has 1 atom stereocenters. The first-order valence-electron chi connectivity index (χ1n) is 7.90. The van der Waals surface area contributed by atoms with Gasteiger partial charge in [-0.25, -0.2) is 0 Å². The van der Waals surface area contributed by atoms with E-state index in [2.05, 4.69) is 48.6 Å². The molecule has 1 aliphatic carbocycles. The molecule has 3 rings (SSSR count). The predicted molar refractivity (Wildman–Crippen MR) is 82.2 cm³/mol. The molecule has 0 bridgehead atoms. The zero-order chi connectivity index (χ0) is 13.9. The van der Waals surface area contributed by atoms with Crippen LogP contribution in [-0.2, 0) is 0 Å². The molecule has 0 saturated heterocycles. The minimum absolute atomic E-state index is 0.524. The molecule has 0 aromatic heterocycles. The fourth-order valence-electron chi connectivity index (χ4n) is 3.77. The van der Waals surface area contributed by atoms with Crippen LogP contribution in [0, 0.1) is 0 Å². The second kappa shape index (κ2) is 6.15. The van der Waals surface area contributed by atoms with Crippen LogP contribution in [0.5, 0.6) is 5.75 Å². The normalized spacial score (nSPS) is 29.9. The van der Waals surface area contributed by atoms with E-state index in [1.807, 2.05) is 0 Å². The van der Waals surface area contributed by atoms with Crippen molar-refractivity contribution < 1.29 is 4.74 Å². The lowest BCUT2D eigenvalue weighted by atomic mass is 9.88. The van der Waals surface area contributed by atoms with Crippen molar-refractivity contribution in [2.24, 2.45) is 0 Å². The van der Waals surface area contributed by atoms with Gasteiger partial charge in [-0.15, -0.1) is 0 Å². The van der Waals surface area contributed by atoms with Crippen molar-refractivity contribution in [3.05, 3.63) is 29.8 Å². The molecular weight excluding hydrogens is 248 g/mol. The number of hydrogen-bond acceptors (Lipinski definition) is 3. The Kier molecular flexibility index (Phi) is 4.27. The van der Waals surface area contributed by atoms with E-state index in [9.17, 15) is 0 Å². The van der Waals surface area contributed by atoms with Gasteiger partial charge in [-0.2, -0.15) is 0 Å². The molecule has 1 unspecified atom stereocenters. The van der Waals surface area contributed by atoms with E-state index >= 15 is 0 Å². The Balaban J connectivity index is 1.71. The summed E-state index contributed by atoms with van der Waals surface area (Å²) in [7, 11) is 4.39. The molecule has 1 aromatic rings. The molecule has 1 aromatic carbocycles. The fraction of sp³-hybridized carbons (Fsp3) is 0.647. The van der Waals surface area contributed by atoms with Gasteiger partial charge in [0.2, 0.25) is 0 Å². The number of ether oxygens (including phenoxy) is 1. The second-order valence-corrected chi connectivity index (χ2v) is 6.15. The van der Waals surface area contributed by atoms with Crippen LogP contribution >= 0.6 is 0 Å². The Morgan fingerprint density at radius 3 is 2.60 bits per heavy atom. The zero-order valence-corrected chi connectivity index (χ0v) is 12.6. The number of nitrogens with zero attached hydrogens (tertiary/aromatic N) is 1. The highest BCUT2D eigenvalue weighted by Crippen LogP contribution is 2.38. The topological polar surface area (TPSA) is 24.5 Å². The predicted octanol–water partition coefficient (Wildman–Crippen LogP) is 2.97. The first kappa shape index (κ1) is 13.9. The van der Waals surface area contributed by atoms with Gasteiger partial charge < -0.3 is 10.1 Å². The van der Waals surface area contributed by atoms with Gasteiger partial charge in [0, 0.05) is 30.1 Å². The molecule has 3 heteroatoms. The first-order chi connectivity index (χ1) is 9.79. The molecule has 110 valence electrons. The van der Waals surface area contributed by atoms with Crippen LogP contribution in [0.25, 0.3) is 0 Å². The molecule has 2 aliphatic rings. The Bertz CT molecular complexity index is 440. The lowest BCUT2D eigenvalue weighted by molar-refractivity contribution is 0.0964. The quantitative estimate of drug-likeness (QED) is 0.917. The second-order valence-electron chi connectivity index (χ2n) is 6.15. The molecule has 1 aliphatic heterocycles. The van der Waals surface area contributed by atoms with Crippen LogP contribution < -0.4 is 10.1 Å². The monoisotopic (exact) mass is 274 g/mol. The third kappa shape index (κ3) is 2.70. The van der Waals surface area contributed by atoms with Crippen molar-refractivity contribution >= 4 is 0 Å². The van der Waals surface area contributed by atoms with Crippen molar-refractivity contribution in [3.63, 3.8) is 0 Å². The molecule has 1 N–H and O–H groups in total. The van der Waals surface area contributed by atoms with Gasteiger partial charge in [0.1, 0.15) is 5.75 Å². The SMILES string of the molecule is CNC1CCC(N(C)C2CCOc3ccccc32)CC1. The summed E-state index contributed by atoms with van der Waals surface area (Å²) >= 11 is 0. The van der Waals surface area contributed by atoms with E-state index in [-0.39, 0.29) is 0 Å². The van der Waals surface area contributed by atoms with E-state index in [1.165, 1.54) is 31.2 Å². The summed E-state index contributed by atoms with van der Waals surface area (Å²) in [4.78, 5) is 2.60. The Labute approximate surface area is 122 Å². The van der Waals surface area contributed by atoms with Crippen LogP contribution in [0.15, 0.2) is 24.3 Å². The highest BCUT2D eigenvalue weighted by Gasteiger charge is 2.31. The number of para-hydroxylation sites is 1. The smallest absolute Gasteiger partial charge is 0.124 e. The van der Waals surface area contributed by atoms with Crippen molar-refractivity contribution in [2.45, 2.75) is 50.2 Å². The van der Waals surface area contributed by atoms with Crippen molar-refractivity contribution in [2.75, 3.05) is 20.7 Å². The van der Waals surface area contributed by atoms with Crippen LogP contribution in [0.2, 0.25) is 0 Å². The van der Waals surface area contributed by atoms with Gasteiger partial charge in [-0.1, -0.05) is 18.2 Å². The summed E-state index contributed by atoms with van der Waals surface area (Å²) in [5.74, 6) is 1.08. The van der Waals surface area contributed by atoms with E-state index in [0.717, 1.165) is 30.9 Å². The van der Waals surface area contributed by atoms with Crippen LogP contribution in [-0.4, -0.2) is 37.7 Å². The number of rotatable bonds is 3. The number of hydrogen-bond donors (Lipinski definition) is 1. The van der Waals surface area contributed by atoms with Gasteiger partial charge in [-0.05, 0) is 45.8 Å². The Morgan fingerprint density at radius 1 is 1.10 bits per heavy atom. The Morgan fingerprint density at radius 2 is 1.85 bits per heavy atom. The van der Waals surface area contributed by atoms with Crippen LogP contribution in [0.3, 0.4) is 0 Å². The molecule has 0 spiro atoms. The maximum absolute atomic E-state index is 5.79. The van der Waals surface area contributed by atoms with Crippen LogP contribution in [0.4, 0.5) is 0 Å². The van der Waals surface area contributed by atoms with E-state index in [4.69, 9.17) is 4.74 Å². The molecular formula is C17H26N2O. The van der Waals surface area contributed by atoms with Crippen molar-refractivity contribution in [3.8, 4) is 5.75 Å². The van der Waals surface area contributed by atoms with E-state index in [1.54, 1.807) is 0 Å². The molecule has 0 radical (unpaired) electrons. The summed E-state index contributed by atoms with van der Waals surface area (Å²) in [6.45, 7) is 0.845. The highest BCUT2D eigenvalue weighted by molar-refractivity contribution is 5.37. The lowest BCUT2D eigenvalue weighted by Gasteiger charge is -2.41. The summed E-state index contributed by atoms with van der Waals surface area (Å²) < 4.78 is 5.79. The minimum atomic E-state index is 0.524. The van der Waals surface area contributed by atoms with Gasteiger partial charge in [-0.3, -0.25) is 4.90 Å². The maximum Gasteiger partial charge on any atom is 0.124 e. The average molecular weight is 274 g/mol. The summed E-state index contributed by atoms with van der Waals surface area (Å²) in [6.07, 6.45) is 6.33. The number of fused-ring (bicyclic) bond motifs is 1. The highest BCUT2D eigenvalue weighted by atomic mass is 16.5. The molecule has 1 heterocycles. The van der Waals surface area contributed by atoms with Crippen LogP contribution in [0.1, 0.15) is 43.7 Å². The van der Waals surface area contributed by atoms with Crippen molar-refractivity contribution in [1.29, 1.82) is 0 Å². The average Bonchev–Trinajstić information content (AvgIpc) is 2.54. The molecule has 1 fully saturated rings. The zero-order valence-electron chi connectivity index (χ0n) is 12.6. The fourth-order valence-corrected chi connectivity index (χ4v) is 3.77. The molecule has 0 amide bonds. The first-order valence-corrected chi connectivity index (χ1v) is 7.90. The van der Waals surface area contributed by atoms with Crippen molar-refractivity contribution in [1.82, 2.24) is 10.2 Å². The molecule has 1 saturated carbocycles. The maximum atomic E-state index is 5.79. The lowest BCUT2D eigenvalue weighted by Crippen LogP contribution is -2.42. The van der Waals surface area contributed by atoms with Gasteiger partial charge in [0.15, 0.2) is 0 Å². The van der Waals surface area contributed by atoms with Gasteiger partial charge in [0.05, 0.1) is 6.61 Å². The Hall–Kier alpha value is -1.06. The molecule has 20 heavy (non-hydrogen) atoms. The summed E-state index contributed by atoms with van der Waals surface area (Å²) in [6, 6.07) is 10.5. The van der Waals surface area contributed by atoms with E-state index < -0.39 is 0 Å². The number of benzene rings is 1. The number of nitrogens with one attached hydrogen (secondary N) is 1. The third-order valence-electron chi connectivity index (χ3n) is 5.10. The standard InChI is InChI=1S/C17H26N2O/c1-18-13-7-9-14(10-8-13)19(2)16-11-12-20-17-6-4-3-5-15(16)17/h3-6,13-14,16,18H,7-12H2,1-2H3. The largest absolute Gasteiger partial charge is 0.493 e. The molecule has 3 nitrogen and oxygen atoms in total. The third-order valence-corrected chi connectivity index (χ3v) is 5.10. The minimum Gasteiger partial charge on any atom is -0.493 e. The van der Waals surface area contributed by atoms with E-state index in [0.29, 0.717) is 6.04 Å². The summed E-state index contributed by atoms with van der Waals surface area (Å²) in [5.41, 5.74) is 1.37.